The van der Waals surface area contributed by atoms with Crippen molar-refractivity contribution < 1.29 is 9.90 Å². The maximum atomic E-state index is 11.3. The number of hydrogen-bond acceptors (Lipinski definition) is 4. The van der Waals surface area contributed by atoms with Gasteiger partial charge in [-0.2, -0.15) is 0 Å². The quantitative estimate of drug-likeness (QED) is 0.690. The summed E-state index contributed by atoms with van der Waals surface area (Å²) in [5, 5.41) is 13.0. The van der Waals surface area contributed by atoms with Crippen LogP contribution in [-0.2, 0) is 0 Å². The number of halogens is 1. The molecule has 106 valence electrons. The van der Waals surface area contributed by atoms with Crippen LogP contribution in [0.1, 0.15) is 16.1 Å². The summed E-state index contributed by atoms with van der Waals surface area (Å²) >= 11 is 5.95. The van der Waals surface area contributed by atoms with Crippen molar-refractivity contribution in [2.75, 3.05) is 5.32 Å². The summed E-state index contributed by atoms with van der Waals surface area (Å²) < 4.78 is 0. The molecule has 1 aromatic carbocycles. The van der Waals surface area contributed by atoms with Gasteiger partial charge in [-0.3, -0.25) is 0 Å². The number of carboxylic acids is 1. The molecule has 0 radical (unpaired) electrons. The molecule has 0 amide bonds. The van der Waals surface area contributed by atoms with Crippen molar-refractivity contribution in [3.63, 3.8) is 0 Å². The number of aryl methyl sites for hydroxylation is 1. The number of nitrogens with zero attached hydrogens (tertiary/aromatic N) is 2. The van der Waals surface area contributed by atoms with E-state index in [2.05, 4.69) is 20.3 Å². The highest BCUT2D eigenvalue weighted by atomic mass is 35.5. The number of benzene rings is 1. The summed E-state index contributed by atoms with van der Waals surface area (Å²) in [4.78, 5) is 22.6. The predicted molar refractivity (Wildman–Crippen MR) is 80.3 cm³/mol. The molecule has 0 bridgehead atoms. The van der Waals surface area contributed by atoms with Gasteiger partial charge in [0.15, 0.2) is 5.82 Å². The Kier molecular flexibility index (Phi) is 3.23. The Bertz CT molecular complexity index is 844. The molecule has 0 atom stereocenters. The molecule has 3 aromatic rings. The molecule has 0 spiro atoms. The lowest BCUT2D eigenvalue weighted by molar-refractivity contribution is 0.0697. The molecule has 2 heterocycles. The van der Waals surface area contributed by atoms with Gasteiger partial charge < -0.3 is 15.4 Å². The van der Waals surface area contributed by atoms with Crippen molar-refractivity contribution in [3.8, 4) is 0 Å². The monoisotopic (exact) mass is 302 g/mol. The van der Waals surface area contributed by atoms with Gasteiger partial charge in [-0.15, -0.1) is 0 Å². The number of aromatic amines is 1. The van der Waals surface area contributed by atoms with Gasteiger partial charge >= 0.3 is 5.97 Å². The summed E-state index contributed by atoms with van der Waals surface area (Å²) in [6.07, 6.45) is 1.45. The van der Waals surface area contributed by atoms with Crippen molar-refractivity contribution in [2.24, 2.45) is 0 Å². The van der Waals surface area contributed by atoms with Crippen LogP contribution in [-0.4, -0.2) is 26.0 Å². The fourth-order valence-electron chi connectivity index (χ4n) is 2.17. The van der Waals surface area contributed by atoms with Crippen LogP contribution < -0.4 is 5.32 Å². The molecule has 3 rings (SSSR count). The standard InChI is InChI=1S/C14H11ClN4O2/c1-7-10(14(20)21)11-12(17-6-16-11)13(18-7)19-9-4-2-3-8(15)5-9/h2-6H,1H3,(H,16,17)(H,18,19)(H,20,21). The SMILES string of the molecule is Cc1nc(Nc2cccc(Cl)c2)c2nc[nH]c2c1C(=O)O. The van der Waals surface area contributed by atoms with E-state index in [0.717, 1.165) is 5.69 Å². The molecule has 0 saturated heterocycles. The van der Waals surface area contributed by atoms with Gasteiger partial charge in [-0.05, 0) is 25.1 Å². The zero-order valence-electron chi connectivity index (χ0n) is 11.0. The number of aromatic nitrogens is 3. The van der Waals surface area contributed by atoms with E-state index in [1.165, 1.54) is 6.33 Å². The Morgan fingerprint density at radius 1 is 1.43 bits per heavy atom. The third-order valence-electron chi connectivity index (χ3n) is 3.06. The van der Waals surface area contributed by atoms with Gasteiger partial charge in [-0.1, -0.05) is 17.7 Å². The highest BCUT2D eigenvalue weighted by Crippen LogP contribution is 2.27. The van der Waals surface area contributed by atoms with Crippen LogP contribution in [0.2, 0.25) is 5.02 Å². The van der Waals surface area contributed by atoms with Crippen LogP contribution in [0.25, 0.3) is 11.0 Å². The number of nitrogens with one attached hydrogen (secondary N) is 2. The molecular formula is C14H11ClN4O2. The summed E-state index contributed by atoms with van der Waals surface area (Å²) in [6.45, 7) is 1.65. The van der Waals surface area contributed by atoms with E-state index in [1.807, 2.05) is 12.1 Å². The van der Waals surface area contributed by atoms with Crippen LogP contribution in [0.3, 0.4) is 0 Å². The van der Waals surface area contributed by atoms with Crippen LogP contribution >= 0.6 is 11.6 Å². The Hall–Kier alpha value is -2.60. The number of hydrogen-bond donors (Lipinski definition) is 3. The predicted octanol–water partition coefficient (Wildman–Crippen LogP) is 3.36. The molecule has 0 aliphatic carbocycles. The number of fused-ring (bicyclic) bond motifs is 1. The van der Waals surface area contributed by atoms with Gasteiger partial charge in [0.1, 0.15) is 11.1 Å². The highest BCUT2D eigenvalue weighted by Gasteiger charge is 2.18. The van der Waals surface area contributed by atoms with Gasteiger partial charge in [0.25, 0.3) is 0 Å². The molecule has 3 N–H and O–H groups in total. The number of aromatic carboxylic acids is 1. The lowest BCUT2D eigenvalue weighted by Gasteiger charge is -2.09. The van der Waals surface area contributed by atoms with Crippen molar-refractivity contribution in [2.45, 2.75) is 6.92 Å². The molecule has 0 saturated carbocycles. The summed E-state index contributed by atoms with van der Waals surface area (Å²) in [5.41, 5.74) is 2.20. The molecule has 21 heavy (non-hydrogen) atoms. The van der Waals surface area contributed by atoms with Crippen LogP contribution in [0.15, 0.2) is 30.6 Å². The molecule has 0 fully saturated rings. The first kappa shape index (κ1) is 13.4. The summed E-state index contributed by atoms with van der Waals surface area (Å²) in [7, 11) is 0. The van der Waals surface area contributed by atoms with Crippen molar-refractivity contribution in [1.82, 2.24) is 15.0 Å². The first-order valence-electron chi connectivity index (χ1n) is 6.16. The number of rotatable bonds is 3. The Balaban J connectivity index is 2.14. The van der Waals surface area contributed by atoms with Crippen molar-refractivity contribution >= 4 is 40.1 Å². The molecular weight excluding hydrogens is 292 g/mol. The Morgan fingerprint density at radius 2 is 2.24 bits per heavy atom. The first-order chi connectivity index (χ1) is 10.1. The number of pyridine rings is 1. The van der Waals surface area contributed by atoms with E-state index in [1.54, 1.807) is 19.1 Å². The van der Waals surface area contributed by atoms with Crippen LogP contribution in [0.5, 0.6) is 0 Å². The zero-order valence-corrected chi connectivity index (χ0v) is 11.8. The lowest BCUT2D eigenvalue weighted by Crippen LogP contribution is -2.06. The Morgan fingerprint density at radius 3 is 2.95 bits per heavy atom. The van der Waals surface area contributed by atoms with E-state index in [9.17, 15) is 9.90 Å². The Labute approximate surface area is 124 Å². The maximum Gasteiger partial charge on any atom is 0.339 e. The number of carboxylic acid groups (broad SMARTS) is 1. The topological polar surface area (TPSA) is 90.9 Å². The van der Waals surface area contributed by atoms with E-state index < -0.39 is 5.97 Å². The minimum absolute atomic E-state index is 0.124. The normalized spacial score (nSPS) is 10.8. The van der Waals surface area contributed by atoms with Crippen molar-refractivity contribution in [1.29, 1.82) is 0 Å². The second kappa shape index (κ2) is 5.06. The van der Waals surface area contributed by atoms with Gasteiger partial charge in [-0.25, -0.2) is 14.8 Å². The molecule has 0 aliphatic heterocycles. The minimum atomic E-state index is -1.04. The minimum Gasteiger partial charge on any atom is -0.478 e. The average Bonchev–Trinajstić information content (AvgIpc) is 2.87. The molecule has 2 aromatic heterocycles. The first-order valence-corrected chi connectivity index (χ1v) is 6.53. The van der Waals surface area contributed by atoms with Gasteiger partial charge in [0, 0.05) is 10.7 Å². The third kappa shape index (κ3) is 2.41. The zero-order chi connectivity index (χ0) is 15.0. The second-order valence-corrected chi connectivity index (χ2v) is 4.92. The molecule has 0 unspecified atom stereocenters. The third-order valence-corrected chi connectivity index (χ3v) is 3.29. The number of imidazole rings is 1. The molecule has 0 aliphatic rings. The van der Waals surface area contributed by atoms with E-state index in [-0.39, 0.29) is 5.56 Å². The molecule has 7 heteroatoms. The maximum absolute atomic E-state index is 11.3. The fourth-order valence-corrected chi connectivity index (χ4v) is 2.36. The van der Waals surface area contributed by atoms with E-state index in [0.29, 0.717) is 27.6 Å². The number of H-pyrrole nitrogens is 1. The smallest absolute Gasteiger partial charge is 0.339 e. The fraction of sp³-hybridized carbons (Fsp3) is 0.0714. The lowest BCUT2D eigenvalue weighted by atomic mass is 10.1. The van der Waals surface area contributed by atoms with Crippen LogP contribution in [0.4, 0.5) is 11.5 Å². The molecule has 6 nitrogen and oxygen atoms in total. The average molecular weight is 303 g/mol. The van der Waals surface area contributed by atoms with E-state index >= 15 is 0 Å². The second-order valence-electron chi connectivity index (χ2n) is 4.49. The summed E-state index contributed by atoms with van der Waals surface area (Å²) in [5.74, 6) is -0.556. The van der Waals surface area contributed by atoms with Gasteiger partial charge in [0.05, 0.1) is 17.5 Å². The van der Waals surface area contributed by atoms with Crippen molar-refractivity contribution in [3.05, 3.63) is 46.9 Å². The largest absolute Gasteiger partial charge is 0.478 e. The van der Waals surface area contributed by atoms with Gasteiger partial charge in [0.2, 0.25) is 0 Å². The highest BCUT2D eigenvalue weighted by molar-refractivity contribution is 6.30. The summed E-state index contributed by atoms with van der Waals surface area (Å²) in [6, 6.07) is 7.17. The van der Waals surface area contributed by atoms with E-state index in [4.69, 9.17) is 11.6 Å². The number of anilines is 2. The van der Waals surface area contributed by atoms with Crippen LogP contribution in [0, 0.1) is 6.92 Å². The number of carbonyl (C=O) groups is 1.